The van der Waals surface area contributed by atoms with E-state index < -0.39 is 24.2 Å². The molecule has 3 nitrogen and oxygen atoms in total. The molecule has 0 aromatic carbocycles. The maximum atomic E-state index is 11.8. The van der Waals surface area contributed by atoms with Gasteiger partial charge < -0.3 is 5.11 Å². The first kappa shape index (κ1) is 13.2. The SMILES string of the molecule is CCCC(C)(NCC(F)(F)F)C(=O)O. The van der Waals surface area contributed by atoms with Gasteiger partial charge in [-0.2, -0.15) is 13.2 Å². The lowest BCUT2D eigenvalue weighted by Gasteiger charge is -2.26. The van der Waals surface area contributed by atoms with Crippen LogP contribution in [0.1, 0.15) is 26.7 Å². The first-order valence-corrected chi connectivity index (χ1v) is 4.26. The van der Waals surface area contributed by atoms with Crippen molar-refractivity contribution in [2.45, 2.75) is 38.4 Å². The van der Waals surface area contributed by atoms with Crippen molar-refractivity contribution in [2.75, 3.05) is 6.54 Å². The molecule has 0 spiro atoms. The third kappa shape index (κ3) is 4.45. The highest BCUT2D eigenvalue weighted by Crippen LogP contribution is 2.17. The van der Waals surface area contributed by atoms with Crippen molar-refractivity contribution in [2.24, 2.45) is 0 Å². The first-order valence-electron chi connectivity index (χ1n) is 4.26. The highest BCUT2D eigenvalue weighted by atomic mass is 19.4. The Hall–Kier alpha value is -0.780. The Morgan fingerprint density at radius 3 is 2.21 bits per heavy atom. The van der Waals surface area contributed by atoms with E-state index in [-0.39, 0.29) is 6.42 Å². The summed E-state index contributed by atoms with van der Waals surface area (Å²) in [5.74, 6) is -1.26. The summed E-state index contributed by atoms with van der Waals surface area (Å²) in [6.07, 6.45) is -3.71. The molecule has 0 aliphatic heterocycles. The zero-order valence-corrected chi connectivity index (χ0v) is 8.11. The minimum absolute atomic E-state index is 0.165. The highest BCUT2D eigenvalue weighted by Gasteiger charge is 2.36. The van der Waals surface area contributed by atoms with Crippen molar-refractivity contribution in [1.29, 1.82) is 0 Å². The van der Waals surface area contributed by atoms with Gasteiger partial charge in [0.25, 0.3) is 0 Å². The molecule has 0 saturated heterocycles. The van der Waals surface area contributed by atoms with Crippen LogP contribution < -0.4 is 5.32 Å². The summed E-state index contributed by atoms with van der Waals surface area (Å²) in [7, 11) is 0. The van der Waals surface area contributed by atoms with Gasteiger partial charge in [0, 0.05) is 0 Å². The number of carbonyl (C=O) groups is 1. The molecule has 1 unspecified atom stereocenters. The van der Waals surface area contributed by atoms with Crippen molar-refractivity contribution in [1.82, 2.24) is 5.32 Å². The molecule has 0 aromatic heterocycles. The summed E-state index contributed by atoms with van der Waals surface area (Å²) in [5, 5.41) is 10.7. The largest absolute Gasteiger partial charge is 0.480 e. The number of aliphatic carboxylic acids is 1. The molecule has 0 rings (SSSR count). The van der Waals surface area contributed by atoms with Crippen LogP contribution in [0, 0.1) is 0 Å². The number of carboxylic acid groups (broad SMARTS) is 1. The summed E-state index contributed by atoms with van der Waals surface area (Å²) in [4.78, 5) is 10.7. The number of rotatable bonds is 5. The summed E-state index contributed by atoms with van der Waals surface area (Å²) < 4.78 is 35.5. The van der Waals surface area contributed by atoms with E-state index in [1.165, 1.54) is 6.92 Å². The third-order valence-corrected chi connectivity index (χ3v) is 1.90. The molecule has 84 valence electrons. The van der Waals surface area contributed by atoms with Crippen molar-refractivity contribution >= 4 is 5.97 Å². The molecule has 14 heavy (non-hydrogen) atoms. The van der Waals surface area contributed by atoms with E-state index in [9.17, 15) is 18.0 Å². The molecule has 0 heterocycles. The highest BCUT2D eigenvalue weighted by molar-refractivity contribution is 5.78. The minimum Gasteiger partial charge on any atom is -0.480 e. The molecule has 1 atom stereocenters. The van der Waals surface area contributed by atoms with Crippen LogP contribution in [0.15, 0.2) is 0 Å². The van der Waals surface area contributed by atoms with Gasteiger partial charge in [0.1, 0.15) is 5.54 Å². The first-order chi connectivity index (χ1) is 6.21. The number of nitrogens with one attached hydrogen (secondary N) is 1. The average molecular weight is 213 g/mol. The second-order valence-corrected chi connectivity index (χ2v) is 3.36. The monoisotopic (exact) mass is 213 g/mol. The lowest BCUT2D eigenvalue weighted by molar-refractivity contribution is -0.149. The number of halogens is 3. The maximum Gasteiger partial charge on any atom is 0.401 e. The van der Waals surface area contributed by atoms with Crippen LogP contribution in [0.5, 0.6) is 0 Å². The number of hydrogen-bond acceptors (Lipinski definition) is 2. The van der Waals surface area contributed by atoms with Crippen molar-refractivity contribution < 1.29 is 23.1 Å². The van der Waals surface area contributed by atoms with E-state index in [1.807, 2.05) is 5.32 Å². The van der Waals surface area contributed by atoms with Gasteiger partial charge in [-0.05, 0) is 13.3 Å². The Balaban J connectivity index is 4.31. The quantitative estimate of drug-likeness (QED) is 0.731. The van der Waals surface area contributed by atoms with Crippen LogP contribution >= 0.6 is 0 Å². The maximum absolute atomic E-state index is 11.8. The zero-order chi connectivity index (χ0) is 11.4. The molecule has 0 aliphatic carbocycles. The van der Waals surface area contributed by atoms with Crippen LogP contribution in [-0.2, 0) is 4.79 Å². The molecule has 0 aromatic rings. The molecular formula is C8H14F3NO2. The van der Waals surface area contributed by atoms with Gasteiger partial charge in [0.2, 0.25) is 0 Å². The normalized spacial score (nSPS) is 16.4. The molecule has 0 bridgehead atoms. The predicted molar refractivity (Wildman–Crippen MR) is 45.0 cm³/mol. The Kier molecular flexibility index (Phi) is 4.38. The fraction of sp³-hybridized carbons (Fsp3) is 0.875. The molecule has 0 radical (unpaired) electrons. The van der Waals surface area contributed by atoms with Crippen LogP contribution in [0.25, 0.3) is 0 Å². The second-order valence-electron chi connectivity index (χ2n) is 3.36. The molecule has 6 heteroatoms. The van der Waals surface area contributed by atoms with Gasteiger partial charge in [0.05, 0.1) is 6.54 Å². The smallest absolute Gasteiger partial charge is 0.401 e. The standard InChI is InChI=1S/C8H14F3NO2/c1-3-4-7(2,6(13)14)12-5-8(9,10)11/h12H,3-5H2,1-2H3,(H,13,14). The lowest BCUT2D eigenvalue weighted by atomic mass is 9.96. The Morgan fingerprint density at radius 2 is 1.93 bits per heavy atom. The zero-order valence-electron chi connectivity index (χ0n) is 8.11. The van der Waals surface area contributed by atoms with Gasteiger partial charge >= 0.3 is 12.1 Å². The molecule has 0 fully saturated rings. The van der Waals surface area contributed by atoms with Crippen molar-refractivity contribution in [3.8, 4) is 0 Å². The van der Waals surface area contributed by atoms with Crippen molar-refractivity contribution in [3.05, 3.63) is 0 Å². The topological polar surface area (TPSA) is 49.3 Å². The van der Waals surface area contributed by atoms with Crippen LogP contribution in [-0.4, -0.2) is 29.3 Å². The summed E-state index contributed by atoms with van der Waals surface area (Å²) in [6, 6.07) is 0. The molecule has 2 N–H and O–H groups in total. The van der Waals surface area contributed by atoms with Crippen LogP contribution in [0.2, 0.25) is 0 Å². The van der Waals surface area contributed by atoms with E-state index in [4.69, 9.17) is 5.11 Å². The van der Waals surface area contributed by atoms with Gasteiger partial charge in [-0.15, -0.1) is 0 Å². The molecule has 0 aliphatic rings. The van der Waals surface area contributed by atoms with Crippen molar-refractivity contribution in [3.63, 3.8) is 0 Å². The number of hydrogen-bond donors (Lipinski definition) is 2. The van der Waals surface area contributed by atoms with E-state index >= 15 is 0 Å². The van der Waals surface area contributed by atoms with Gasteiger partial charge in [-0.25, -0.2) is 0 Å². The lowest BCUT2D eigenvalue weighted by Crippen LogP contribution is -2.52. The Bertz CT molecular complexity index is 205. The van der Waals surface area contributed by atoms with Gasteiger partial charge in [-0.3, -0.25) is 10.1 Å². The number of alkyl halides is 3. The van der Waals surface area contributed by atoms with Crippen LogP contribution in [0.3, 0.4) is 0 Å². The summed E-state index contributed by atoms with van der Waals surface area (Å²) in [6.45, 7) is 1.69. The van der Waals surface area contributed by atoms with Gasteiger partial charge in [-0.1, -0.05) is 13.3 Å². The van der Waals surface area contributed by atoms with Crippen LogP contribution in [0.4, 0.5) is 13.2 Å². The number of carboxylic acids is 1. The Morgan fingerprint density at radius 1 is 1.43 bits per heavy atom. The second kappa shape index (κ2) is 4.63. The van der Waals surface area contributed by atoms with E-state index in [0.717, 1.165) is 0 Å². The third-order valence-electron chi connectivity index (χ3n) is 1.90. The minimum atomic E-state index is -4.38. The fourth-order valence-corrected chi connectivity index (χ4v) is 1.07. The predicted octanol–water partition coefficient (Wildman–Crippen LogP) is 1.78. The molecular weight excluding hydrogens is 199 g/mol. The van der Waals surface area contributed by atoms with E-state index in [2.05, 4.69) is 0 Å². The average Bonchev–Trinajstić information content (AvgIpc) is 2.00. The van der Waals surface area contributed by atoms with E-state index in [0.29, 0.717) is 6.42 Å². The van der Waals surface area contributed by atoms with Gasteiger partial charge in [0.15, 0.2) is 0 Å². The fourth-order valence-electron chi connectivity index (χ4n) is 1.07. The molecule has 0 amide bonds. The molecule has 0 saturated carbocycles. The summed E-state index contributed by atoms with van der Waals surface area (Å²) in [5.41, 5.74) is -1.50. The Labute approximate surface area is 80.3 Å². The summed E-state index contributed by atoms with van der Waals surface area (Å²) >= 11 is 0. The van der Waals surface area contributed by atoms with E-state index in [1.54, 1.807) is 6.92 Å².